The summed E-state index contributed by atoms with van der Waals surface area (Å²) in [5, 5.41) is 3.47. The van der Waals surface area contributed by atoms with Gasteiger partial charge in [-0.3, -0.25) is 4.57 Å². The molecule has 4 aromatic rings. The highest BCUT2D eigenvalue weighted by Crippen LogP contribution is 2.26. The van der Waals surface area contributed by atoms with Gasteiger partial charge in [0.05, 0.1) is 24.5 Å². The summed E-state index contributed by atoms with van der Waals surface area (Å²) >= 11 is 0. The van der Waals surface area contributed by atoms with Gasteiger partial charge in [0, 0.05) is 18.2 Å². The minimum atomic E-state index is 0. The van der Waals surface area contributed by atoms with Gasteiger partial charge >= 0.3 is 0 Å². The number of anilines is 1. The number of aromatic amines is 1. The van der Waals surface area contributed by atoms with Crippen LogP contribution in [0.3, 0.4) is 0 Å². The summed E-state index contributed by atoms with van der Waals surface area (Å²) < 4.78 is 7.23. The van der Waals surface area contributed by atoms with Crippen LogP contribution >= 0.6 is 24.8 Å². The van der Waals surface area contributed by atoms with E-state index in [0.29, 0.717) is 35.0 Å². The standard InChI is InChI=1S/C19H22N8O.2ClH/c1-28-13-6-7-15-14(8-13)23-10-27(15)18-16-17(22-9-21-16)25-19(26-18)24-12-4-2-11(20)3-5-12;;/h6-12H,2-5,20H2,1H3,(H2,21,22,24,25,26);2*1H. The molecule has 1 saturated carbocycles. The van der Waals surface area contributed by atoms with E-state index in [0.717, 1.165) is 42.5 Å². The number of nitrogens with one attached hydrogen (secondary N) is 2. The van der Waals surface area contributed by atoms with Gasteiger partial charge in [0.2, 0.25) is 5.95 Å². The molecule has 0 spiro atoms. The van der Waals surface area contributed by atoms with Crippen LogP contribution in [-0.2, 0) is 0 Å². The van der Waals surface area contributed by atoms with Crippen molar-refractivity contribution in [3.63, 3.8) is 0 Å². The van der Waals surface area contributed by atoms with E-state index in [9.17, 15) is 0 Å². The van der Waals surface area contributed by atoms with Gasteiger partial charge in [-0.05, 0) is 37.8 Å². The molecule has 4 N–H and O–H groups in total. The van der Waals surface area contributed by atoms with Crippen LogP contribution in [0.5, 0.6) is 5.75 Å². The summed E-state index contributed by atoms with van der Waals surface area (Å²) in [5.41, 5.74) is 9.17. The van der Waals surface area contributed by atoms with Gasteiger partial charge in [0.15, 0.2) is 17.0 Å². The first-order chi connectivity index (χ1) is 13.7. The van der Waals surface area contributed by atoms with Gasteiger partial charge in [0.1, 0.15) is 12.1 Å². The van der Waals surface area contributed by atoms with Crippen LogP contribution < -0.4 is 15.8 Å². The number of methoxy groups -OCH3 is 1. The monoisotopic (exact) mass is 450 g/mol. The molecule has 0 unspecified atom stereocenters. The van der Waals surface area contributed by atoms with Crippen molar-refractivity contribution in [1.82, 2.24) is 29.5 Å². The minimum Gasteiger partial charge on any atom is -0.497 e. The molecule has 0 aliphatic heterocycles. The van der Waals surface area contributed by atoms with Crippen LogP contribution in [0.4, 0.5) is 5.95 Å². The Hall–Kier alpha value is -2.62. The highest BCUT2D eigenvalue weighted by Gasteiger charge is 2.21. The quantitative estimate of drug-likeness (QED) is 0.436. The third-order valence-electron chi connectivity index (χ3n) is 5.35. The van der Waals surface area contributed by atoms with Crippen LogP contribution in [0, 0.1) is 0 Å². The average molecular weight is 451 g/mol. The summed E-state index contributed by atoms with van der Waals surface area (Å²) in [6.07, 6.45) is 7.47. The van der Waals surface area contributed by atoms with Crippen molar-refractivity contribution in [2.45, 2.75) is 37.8 Å². The molecule has 0 radical (unpaired) electrons. The Labute approximate surface area is 185 Å². The van der Waals surface area contributed by atoms with Crippen LogP contribution in [-0.4, -0.2) is 48.7 Å². The van der Waals surface area contributed by atoms with Crippen molar-refractivity contribution in [2.75, 3.05) is 12.4 Å². The molecule has 5 rings (SSSR count). The Bertz CT molecular complexity index is 1140. The van der Waals surface area contributed by atoms with Crippen molar-refractivity contribution >= 4 is 53.0 Å². The lowest BCUT2D eigenvalue weighted by Gasteiger charge is -2.26. The molecule has 1 aliphatic carbocycles. The first-order valence-corrected chi connectivity index (χ1v) is 9.46. The Morgan fingerprint density at radius 1 is 1.13 bits per heavy atom. The zero-order chi connectivity index (χ0) is 19.1. The number of nitrogens with zero attached hydrogens (tertiary/aromatic N) is 5. The summed E-state index contributed by atoms with van der Waals surface area (Å²) in [7, 11) is 1.64. The number of rotatable bonds is 4. The van der Waals surface area contributed by atoms with Gasteiger partial charge in [-0.1, -0.05) is 0 Å². The van der Waals surface area contributed by atoms with Crippen molar-refractivity contribution in [3.8, 4) is 11.6 Å². The molecule has 0 bridgehead atoms. The van der Waals surface area contributed by atoms with Gasteiger partial charge in [-0.25, -0.2) is 9.97 Å². The number of H-pyrrole nitrogens is 1. The molecule has 1 aromatic carbocycles. The Balaban J connectivity index is 0.00000128. The van der Waals surface area contributed by atoms with E-state index in [4.69, 9.17) is 15.5 Å². The lowest BCUT2D eigenvalue weighted by Crippen LogP contribution is -2.33. The van der Waals surface area contributed by atoms with Crippen molar-refractivity contribution in [1.29, 1.82) is 0 Å². The number of fused-ring (bicyclic) bond motifs is 2. The van der Waals surface area contributed by atoms with Gasteiger partial charge < -0.3 is 20.8 Å². The lowest BCUT2D eigenvalue weighted by molar-refractivity contribution is 0.410. The van der Waals surface area contributed by atoms with E-state index in [-0.39, 0.29) is 24.8 Å². The van der Waals surface area contributed by atoms with Crippen LogP contribution in [0.2, 0.25) is 0 Å². The molecule has 3 heterocycles. The van der Waals surface area contributed by atoms with E-state index < -0.39 is 0 Å². The molecule has 9 nitrogen and oxygen atoms in total. The SMILES string of the molecule is COc1ccc2c(c1)ncn2-c1nc(NC2CCC(N)CC2)nc2[nH]cnc12.Cl.Cl. The Morgan fingerprint density at radius 2 is 1.93 bits per heavy atom. The van der Waals surface area contributed by atoms with Gasteiger partial charge in [-0.15, -0.1) is 24.8 Å². The van der Waals surface area contributed by atoms with Crippen molar-refractivity contribution in [3.05, 3.63) is 30.9 Å². The van der Waals surface area contributed by atoms with E-state index in [2.05, 4.69) is 25.3 Å². The molecule has 0 saturated heterocycles. The number of nitrogens with two attached hydrogens (primary N) is 1. The third-order valence-corrected chi connectivity index (χ3v) is 5.35. The van der Waals surface area contributed by atoms with E-state index in [1.165, 1.54) is 0 Å². The fraction of sp³-hybridized carbons (Fsp3) is 0.368. The second-order valence-electron chi connectivity index (χ2n) is 7.20. The number of benzene rings is 1. The molecule has 3 aromatic heterocycles. The number of hydrogen-bond donors (Lipinski definition) is 3. The predicted molar refractivity (Wildman–Crippen MR) is 121 cm³/mol. The maximum absolute atomic E-state index is 6.02. The van der Waals surface area contributed by atoms with Gasteiger partial charge in [0.25, 0.3) is 0 Å². The zero-order valence-corrected chi connectivity index (χ0v) is 18.0. The van der Waals surface area contributed by atoms with Crippen LogP contribution in [0.25, 0.3) is 28.0 Å². The molecule has 1 fully saturated rings. The molecule has 160 valence electrons. The fourth-order valence-corrected chi connectivity index (χ4v) is 3.79. The van der Waals surface area contributed by atoms with Crippen molar-refractivity contribution < 1.29 is 4.74 Å². The number of aromatic nitrogens is 6. The molecular formula is C19H24Cl2N8O. The second kappa shape index (κ2) is 9.03. The first kappa shape index (κ1) is 22.1. The van der Waals surface area contributed by atoms with Gasteiger partial charge in [-0.2, -0.15) is 9.97 Å². The molecular weight excluding hydrogens is 427 g/mol. The average Bonchev–Trinajstić information content (AvgIpc) is 3.35. The Kier molecular flexibility index (Phi) is 6.64. The fourth-order valence-electron chi connectivity index (χ4n) is 3.79. The lowest BCUT2D eigenvalue weighted by atomic mass is 9.92. The van der Waals surface area contributed by atoms with E-state index in [1.807, 2.05) is 22.8 Å². The predicted octanol–water partition coefficient (Wildman–Crippen LogP) is 3.23. The third kappa shape index (κ3) is 4.00. The molecule has 0 amide bonds. The summed E-state index contributed by atoms with van der Waals surface area (Å²) in [4.78, 5) is 21.4. The first-order valence-electron chi connectivity index (χ1n) is 9.46. The number of hydrogen-bond acceptors (Lipinski definition) is 7. The van der Waals surface area contributed by atoms with Crippen LogP contribution in [0.1, 0.15) is 25.7 Å². The highest BCUT2D eigenvalue weighted by molar-refractivity contribution is 5.86. The minimum absolute atomic E-state index is 0. The normalized spacial score (nSPS) is 18.6. The highest BCUT2D eigenvalue weighted by atomic mass is 35.5. The molecule has 0 atom stereocenters. The molecule has 11 heteroatoms. The summed E-state index contributed by atoms with van der Waals surface area (Å²) in [6.45, 7) is 0. The number of imidazole rings is 2. The molecule has 1 aliphatic rings. The summed E-state index contributed by atoms with van der Waals surface area (Å²) in [6, 6.07) is 6.42. The van der Waals surface area contributed by atoms with E-state index >= 15 is 0 Å². The number of halogens is 2. The topological polar surface area (TPSA) is 120 Å². The second-order valence-corrected chi connectivity index (χ2v) is 7.20. The molecule has 30 heavy (non-hydrogen) atoms. The van der Waals surface area contributed by atoms with Crippen molar-refractivity contribution in [2.24, 2.45) is 5.73 Å². The van der Waals surface area contributed by atoms with E-state index in [1.54, 1.807) is 19.8 Å². The van der Waals surface area contributed by atoms with Crippen LogP contribution in [0.15, 0.2) is 30.9 Å². The zero-order valence-electron chi connectivity index (χ0n) is 16.4. The smallest absolute Gasteiger partial charge is 0.227 e. The maximum Gasteiger partial charge on any atom is 0.227 e. The summed E-state index contributed by atoms with van der Waals surface area (Å²) in [5.74, 6) is 2.04. The Morgan fingerprint density at radius 3 is 2.70 bits per heavy atom. The number of ether oxygens (including phenoxy) is 1. The largest absolute Gasteiger partial charge is 0.497 e. The maximum atomic E-state index is 6.02.